The lowest BCUT2D eigenvalue weighted by atomic mass is 9.68. The number of hydrogen-bond donors (Lipinski definition) is 1. The predicted molar refractivity (Wildman–Crippen MR) is 54.4 cm³/mol. The Labute approximate surface area is 81.5 Å². The molecule has 0 amide bonds. The van der Waals surface area contributed by atoms with Gasteiger partial charge in [-0.2, -0.15) is 0 Å². The fourth-order valence-electron chi connectivity index (χ4n) is 3.70. The molecule has 2 bridgehead atoms. The summed E-state index contributed by atoms with van der Waals surface area (Å²) in [5.74, 6) is 3.26. The van der Waals surface area contributed by atoms with Crippen molar-refractivity contribution in [3.05, 3.63) is 0 Å². The first-order valence-electron chi connectivity index (χ1n) is 5.63. The Bertz CT molecular complexity index is 192. The highest BCUT2D eigenvalue weighted by molar-refractivity contribution is 4.98. The summed E-state index contributed by atoms with van der Waals surface area (Å²) in [5.41, 5.74) is 0.452. The molecule has 13 heavy (non-hydrogen) atoms. The van der Waals surface area contributed by atoms with Crippen LogP contribution in [-0.4, -0.2) is 11.7 Å². The third-order valence-electron chi connectivity index (χ3n) is 4.30. The third-order valence-corrected chi connectivity index (χ3v) is 4.30. The molecule has 0 aromatic heterocycles. The van der Waals surface area contributed by atoms with Crippen molar-refractivity contribution in [3.8, 4) is 0 Å². The van der Waals surface area contributed by atoms with E-state index in [-0.39, 0.29) is 0 Å². The minimum atomic E-state index is 0.424. The van der Waals surface area contributed by atoms with Gasteiger partial charge in [-0.25, -0.2) is 0 Å². The fourth-order valence-corrected chi connectivity index (χ4v) is 3.70. The van der Waals surface area contributed by atoms with Crippen molar-refractivity contribution in [3.63, 3.8) is 0 Å². The van der Waals surface area contributed by atoms with Crippen LogP contribution in [0, 0.1) is 29.1 Å². The van der Waals surface area contributed by atoms with E-state index in [1.54, 1.807) is 0 Å². The zero-order valence-corrected chi connectivity index (χ0v) is 9.09. The molecule has 0 spiro atoms. The molecule has 2 saturated carbocycles. The Balaban J connectivity index is 2.10. The summed E-state index contributed by atoms with van der Waals surface area (Å²) >= 11 is 0. The minimum Gasteiger partial charge on any atom is -0.396 e. The number of aliphatic hydroxyl groups excluding tert-OH is 1. The van der Waals surface area contributed by atoms with Crippen LogP contribution >= 0.6 is 0 Å². The van der Waals surface area contributed by atoms with E-state index in [4.69, 9.17) is 0 Å². The summed E-state index contributed by atoms with van der Waals surface area (Å²) < 4.78 is 0. The molecule has 0 aromatic rings. The summed E-state index contributed by atoms with van der Waals surface area (Å²) in [6, 6.07) is 0. The molecule has 0 saturated heterocycles. The maximum absolute atomic E-state index is 9.27. The van der Waals surface area contributed by atoms with Gasteiger partial charge in [0.05, 0.1) is 0 Å². The van der Waals surface area contributed by atoms with Gasteiger partial charge in [-0.05, 0) is 48.3 Å². The van der Waals surface area contributed by atoms with Crippen LogP contribution in [-0.2, 0) is 0 Å². The zero-order chi connectivity index (χ0) is 9.64. The van der Waals surface area contributed by atoms with E-state index in [2.05, 4.69) is 20.8 Å². The Hall–Kier alpha value is -0.0400. The van der Waals surface area contributed by atoms with Crippen LogP contribution in [0.2, 0.25) is 0 Å². The molecule has 0 radical (unpaired) electrons. The SMILES string of the molecule is CC(C)(C)[C@H]1CC2CC(CO)C1C2. The normalized spacial score (nSPS) is 44.3. The van der Waals surface area contributed by atoms with E-state index in [1.807, 2.05) is 0 Å². The molecule has 2 aliphatic carbocycles. The van der Waals surface area contributed by atoms with Crippen LogP contribution in [0.15, 0.2) is 0 Å². The van der Waals surface area contributed by atoms with Gasteiger partial charge < -0.3 is 5.11 Å². The zero-order valence-electron chi connectivity index (χ0n) is 9.09. The second kappa shape index (κ2) is 2.98. The van der Waals surface area contributed by atoms with E-state index in [1.165, 1.54) is 19.3 Å². The van der Waals surface area contributed by atoms with Crippen molar-refractivity contribution in [1.29, 1.82) is 0 Å². The van der Waals surface area contributed by atoms with Crippen LogP contribution in [0.25, 0.3) is 0 Å². The van der Waals surface area contributed by atoms with Crippen LogP contribution in [0.4, 0.5) is 0 Å². The Kier molecular flexibility index (Phi) is 2.18. The summed E-state index contributed by atoms with van der Waals surface area (Å²) in [4.78, 5) is 0. The number of hydrogen-bond acceptors (Lipinski definition) is 1. The molecule has 2 aliphatic rings. The molecule has 2 rings (SSSR count). The average molecular weight is 182 g/mol. The van der Waals surface area contributed by atoms with Crippen molar-refractivity contribution in [2.24, 2.45) is 29.1 Å². The van der Waals surface area contributed by atoms with Crippen molar-refractivity contribution >= 4 is 0 Å². The molecule has 0 aromatic carbocycles. The molecule has 76 valence electrons. The molecule has 0 aliphatic heterocycles. The van der Waals surface area contributed by atoms with Gasteiger partial charge in [-0.3, -0.25) is 0 Å². The summed E-state index contributed by atoms with van der Waals surface area (Å²) in [6.07, 6.45) is 4.12. The molecular weight excluding hydrogens is 160 g/mol. The number of aliphatic hydroxyl groups is 1. The first-order chi connectivity index (χ1) is 6.02. The van der Waals surface area contributed by atoms with Crippen LogP contribution < -0.4 is 0 Å². The van der Waals surface area contributed by atoms with E-state index >= 15 is 0 Å². The van der Waals surface area contributed by atoms with Crippen LogP contribution in [0.5, 0.6) is 0 Å². The molecule has 3 unspecified atom stereocenters. The van der Waals surface area contributed by atoms with E-state index in [0.717, 1.165) is 17.8 Å². The van der Waals surface area contributed by atoms with Crippen LogP contribution in [0.1, 0.15) is 40.0 Å². The van der Waals surface area contributed by atoms with Crippen LogP contribution in [0.3, 0.4) is 0 Å². The standard InChI is InChI=1S/C12H22O/c1-12(2,3)11-6-8-4-9(7-13)10(11)5-8/h8-11,13H,4-7H2,1-3H3/t8?,9?,10?,11-/m0/s1. The first-order valence-corrected chi connectivity index (χ1v) is 5.63. The molecule has 1 nitrogen and oxygen atoms in total. The van der Waals surface area contributed by atoms with Gasteiger partial charge in [0, 0.05) is 6.61 Å². The minimum absolute atomic E-state index is 0.424. The summed E-state index contributed by atoms with van der Waals surface area (Å²) in [5, 5.41) is 9.27. The van der Waals surface area contributed by atoms with Gasteiger partial charge in [0.25, 0.3) is 0 Å². The van der Waals surface area contributed by atoms with Gasteiger partial charge in [0.1, 0.15) is 0 Å². The average Bonchev–Trinajstić information content (AvgIpc) is 2.59. The van der Waals surface area contributed by atoms with Crippen molar-refractivity contribution in [2.45, 2.75) is 40.0 Å². The fraction of sp³-hybridized carbons (Fsp3) is 1.00. The van der Waals surface area contributed by atoms with Gasteiger partial charge in [-0.15, -0.1) is 0 Å². The lowest BCUT2D eigenvalue weighted by Crippen LogP contribution is -2.31. The summed E-state index contributed by atoms with van der Waals surface area (Å²) in [7, 11) is 0. The topological polar surface area (TPSA) is 20.2 Å². The van der Waals surface area contributed by atoms with E-state index < -0.39 is 0 Å². The van der Waals surface area contributed by atoms with Crippen molar-refractivity contribution in [1.82, 2.24) is 0 Å². The monoisotopic (exact) mass is 182 g/mol. The molecule has 1 N–H and O–H groups in total. The smallest absolute Gasteiger partial charge is 0.0462 e. The molecule has 4 atom stereocenters. The van der Waals surface area contributed by atoms with Crippen molar-refractivity contribution in [2.75, 3.05) is 6.61 Å². The molecular formula is C12H22O. The first kappa shape index (κ1) is 9.51. The quantitative estimate of drug-likeness (QED) is 0.661. The lowest BCUT2D eigenvalue weighted by molar-refractivity contribution is 0.0820. The number of fused-ring (bicyclic) bond motifs is 2. The molecule has 2 fully saturated rings. The van der Waals surface area contributed by atoms with Crippen molar-refractivity contribution < 1.29 is 5.11 Å². The number of rotatable bonds is 1. The Morgan fingerprint density at radius 1 is 1.15 bits per heavy atom. The van der Waals surface area contributed by atoms with E-state index in [0.29, 0.717) is 17.9 Å². The van der Waals surface area contributed by atoms with Gasteiger partial charge >= 0.3 is 0 Å². The van der Waals surface area contributed by atoms with E-state index in [9.17, 15) is 5.11 Å². The highest BCUT2D eigenvalue weighted by atomic mass is 16.3. The Morgan fingerprint density at radius 2 is 1.85 bits per heavy atom. The van der Waals surface area contributed by atoms with Gasteiger partial charge in [0.2, 0.25) is 0 Å². The highest BCUT2D eigenvalue weighted by Crippen LogP contribution is 2.56. The lowest BCUT2D eigenvalue weighted by Gasteiger charge is -2.37. The second-order valence-corrected chi connectivity index (χ2v) is 6.15. The summed E-state index contributed by atoms with van der Waals surface area (Å²) in [6.45, 7) is 7.49. The maximum atomic E-state index is 9.27. The highest BCUT2D eigenvalue weighted by Gasteiger charge is 2.49. The largest absolute Gasteiger partial charge is 0.396 e. The third kappa shape index (κ3) is 1.52. The molecule has 0 heterocycles. The molecule has 1 heteroatoms. The Morgan fingerprint density at radius 3 is 2.31 bits per heavy atom. The second-order valence-electron chi connectivity index (χ2n) is 6.15. The predicted octanol–water partition coefficient (Wildman–Crippen LogP) is 2.69. The van der Waals surface area contributed by atoms with Gasteiger partial charge in [-0.1, -0.05) is 20.8 Å². The van der Waals surface area contributed by atoms with Gasteiger partial charge in [0.15, 0.2) is 0 Å². The maximum Gasteiger partial charge on any atom is 0.0462 e.